The Balaban J connectivity index is 4.35. The molecule has 0 aromatic rings. The van der Waals surface area contributed by atoms with Crippen LogP contribution >= 0.6 is 0 Å². The molecule has 0 unspecified atom stereocenters. The summed E-state index contributed by atoms with van der Waals surface area (Å²) in [5.41, 5.74) is 2.59. The molecule has 0 amide bonds. The normalized spacial score (nSPS) is 15.7. The lowest BCUT2D eigenvalue weighted by Crippen LogP contribution is -2.11. The van der Waals surface area contributed by atoms with Crippen molar-refractivity contribution in [1.82, 2.24) is 0 Å². The quantitative estimate of drug-likeness (QED) is 0.0795. The highest BCUT2D eigenvalue weighted by molar-refractivity contribution is 5.88. The second-order valence-electron chi connectivity index (χ2n) is 8.35. The fourth-order valence-corrected chi connectivity index (χ4v) is 3.09. The van der Waals surface area contributed by atoms with Gasteiger partial charge >= 0.3 is 5.97 Å². The van der Waals surface area contributed by atoms with E-state index in [0.717, 1.165) is 36.8 Å². The highest BCUT2D eigenvalue weighted by Gasteiger charge is 2.07. The minimum Gasteiger partial charge on any atom is -0.463 e. The molecular formula is C30H46O5. The summed E-state index contributed by atoms with van der Waals surface area (Å²) < 4.78 is 10.6. The van der Waals surface area contributed by atoms with Crippen molar-refractivity contribution in [1.29, 1.82) is 0 Å². The molecule has 0 spiro atoms. The Hall–Kier alpha value is -2.47. The number of methoxy groups -OCH3 is 1. The van der Waals surface area contributed by atoms with E-state index in [1.165, 1.54) is 0 Å². The number of hydrogen-bond acceptors (Lipinski definition) is 5. The van der Waals surface area contributed by atoms with Crippen molar-refractivity contribution in [3.05, 3.63) is 83.6 Å². The average Bonchev–Trinajstić information content (AvgIpc) is 2.84. The summed E-state index contributed by atoms with van der Waals surface area (Å²) in [6.07, 6.45) is 26.5. The van der Waals surface area contributed by atoms with Gasteiger partial charge in [0.25, 0.3) is 0 Å². The molecule has 196 valence electrons. The van der Waals surface area contributed by atoms with Crippen LogP contribution in [-0.4, -0.2) is 49.2 Å². The molecule has 0 aliphatic rings. The first-order valence-electron chi connectivity index (χ1n) is 12.5. The van der Waals surface area contributed by atoms with Crippen molar-refractivity contribution in [3.8, 4) is 0 Å². The van der Waals surface area contributed by atoms with Crippen LogP contribution in [0.3, 0.4) is 0 Å². The molecule has 2 N–H and O–H groups in total. The lowest BCUT2D eigenvalue weighted by Gasteiger charge is -2.13. The van der Waals surface area contributed by atoms with Crippen LogP contribution in [-0.2, 0) is 14.3 Å². The van der Waals surface area contributed by atoms with E-state index in [9.17, 15) is 4.79 Å². The Morgan fingerprint density at radius 3 is 2.34 bits per heavy atom. The van der Waals surface area contributed by atoms with Gasteiger partial charge in [0.15, 0.2) is 0 Å². The molecule has 5 heteroatoms. The van der Waals surface area contributed by atoms with Gasteiger partial charge in [0, 0.05) is 19.3 Å². The summed E-state index contributed by atoms with van der Waals surface area (Å²) in [6, 6.07) is 0. The number of rotatable bonds is 18. The van der Waals surface area contributed by atoms with Crippen LogP contribution in [0.25, 0.3) is 0 Å². The highest BCUT2D eigenvalue weighted by atomic mass is 16.5. The van der Waals surface area contributed by atoms with Gasteiger partial charge in [0.1, 0.15) is 0 Å². The van der Waals surface area contributed by atoms with E-state index in [1.807, 2.05) is 25.2 Å². The predicted octanol–water partition coefficient (Wildman–Crippen LogP) is 6.18. The van der Waals surface area contributed by atoms with E-state index in [1.54, 1.807) is 33.1 Å². The summed E-state index contributed by atoms with van der Waals surface area (Å²) in [7, 11) is 1.69. The van der Waals surface area contributed by atoms with E-state index in [4.69, 9.17) is 19.7 Å². The van der Waals surface area contributed by atoms with Crippen LogP contribution < -0.4 is 0 Å². The van der Waals surface area contributed by atoms with Gasteiger partial charge in [-0.2, -0.15) is 0 Å². The molecule has 0 bridgehead atoms. The van der Waals surface area contributed by atoms with E-state index in [-0.39, 0.29) is 25.3 Å². The monoisotopic (exact) mass is 486 g/mol. The maximum atomic E-state index is 11.7. The van der Waals surface area contributed by atoms with Gasteiger partial charge in [-0.1, -0.05) is 73.8 Å². The molecule has 0 aliphatic heterocycles. The van der Waals surface area contributed by atoms with Crippen LogP contribution in [0.2, 0.25) is 0 Å². The lowest BCUT2D eigenvalue weighted by atomic mass is 10.0. The summed E-state index contributed by atoms with van der Waals surface area (Å²) in [5, 5.41) is 18.1. The van der Waals surface area contributed by atoms with Crippen molar-refractivity contribution in [3.63, 3.8) is 0 Å². The molecule has 0 heterocycles. The Morgan fingerprint density at radius 2 is 1.69 bits per heavy atom. The smallest absolute Gasteiger partial charge is 0.333 e. The first kappa shape index (κ1) is 32.5. The van der Waals surface area contributed by atoms with Gasteiger partial charge in [-0.05, 0) is 69.9 Å². The molecule has 35 heavy (non-hydrogen) atoms. The van der Waals surface area contributed by atoms with Gasteiger partial charge in [0.2, 0.25) is 0 Å². The molecular weight excluding hydrogens is 440 g/mol. The SMILES string of the molecule is CCOC(=O)/C(C)=C/C=C(/C)[C@@H](C/C=C\C=C\CC/C=C/C[C@H](C)/C=C/C(=C\CO)CCO)OC. The van der Waals surface area contributed by atoms with Crippen LogP contribution in [0.15, 0.2) is 83.6 Å². The third-order valence-corrected chi connectivity index (χ3v) is 5.29. The maximum absolute atomic E-state index is 11.7. The van der Waals surface area contributed by atoms with Crippen molar-refractivity contribution < 1.29 is 24.5 Å². The first-order valence-corrected chi connectivity index (χ1v) is 12.5. The molecule has 0 aromatic carbocycles. The molecule has 0 saturated heterocycles. The first-order chi connectivity index (χ1) is 16.9. The Bertz CT molecular complexity index is 781. The number of ether oxygens (including phenoxy) is 2. The second-order valence-corrected chi connectivity index (χ2v) is 8.35. The van der Waals surface area contributed by atoms with Gasteiger partial charge in [-0.15, -0.1) is 0 Å². The van der Waals surface area contributed by atoms with Crippen LogP contribution in [0, 0.1) is 5.92 Å². The van der Waals surface area contributed by atoms with Gasteiger partial charge in [0.05, 0.1) is 19.3 Å². The molecule has 0 fully saturated rings. The van der Waals surface area contributed by atoms with Crippen molar-refractivity contribution in [2.75, 3.05) is 26.9 Å². The Labute approximate surface area is 212 Å². The summed E-state index contributed by atoms with van der Waals surface area (Å²) >= 11 is 0. The molecule has 5 nitrogen and oxygen atoms in total. The molecule has 0 saturated carbocycles. The van der Waals surface area contributed by atoms with E-state index < -0.39 is 0 Å². The van der Waals surface area contributed by atoms with E-state index in [0.29, 0.717) is 24.5 Å². The third kappa shape index (κ3) is 17.6. The number of esters is 1. The summed E-state index contributed by atoms with van der Waals surface area (Å²) in [5.74, 6) is 0.109. The number of aliphatic hydroxyl groups excluding tert-OH is 2. The largest absolute Gasteiger partial charge is 0.463 e. The van der Waals surface area contributed by atoms with Crippen molar-refractivity contribution >= 4 is 5.97 Å². The van der Waals surface area contributed by atoms with Crippen LogP contribution in [0.1, 0.15) is 59.8 Å². The molecule has 0 aliphatic carbocycles. The Kier molecular flexibility index (Phi) is 20.5. The zero-order valence-electron chi connectivity index (χ0n) is 22.3. The number of allylic oxidation sites excluding steroid dienone is 9. The number of carbonyl (C=O) groups excluding carboxylic acids is 1. The third-order valence-electron chi connectivity index (χ3n) is 5.29. The van der Waals surface area contributed by atoms with Crippen molar-refractivity contribution in [2.24, 2.45) is 5.92 Å². The number of carbonyl (C=O) groups is 1. The fraction of sp³-hybridized carbons (Fsp3) is 0.500. The summed E-state index contributed by atoms with van der Waals surface area (Å²) in [6.45, 7) is 8.15. The van der Waals surface area contributed by atoms with E-state index >= 15 is 0 Å². The average molecular weight is 487 g/mol. The van der Waals surface area contributed by atoms with Crippen LogP contribution in [0.4, 0.5) is 0 Å². The van der Waals surface area contributed by atoms with Crippen LogP contribution in [0.5, 0.6) is 0 Å². The fourth-order valence-electron chi connectivity index (χ4n) is 3.09. The number of hydrogen-bond donors (Lipinski definition) is 2. The maximum Gasteiger partial charge on any atom is 0.333 e. The number of aliphatic hydroxyl groups is 2. The summed E-state index contributed by atoms with van der Waals surface area (Å²) in [4.78, 5) is 11.7. The van der Waals surface area contributed by atoms with Gasteiger partial charge < -0.3 is 19.7 Å². The molecule has 2 atom stereocenters. The van der Waals surface area contributed by atoms with E-state index in [2.05, 4.69) is 43.4 Å². The molecule has 0 radical (unpaired) electrons. The van der Waals surface area contributed by atoms with Gasteiger partial charge in [-0.25, -0.2) is 4.79 Å². The minimum atomic E-state index is -0.295. The Morgan fingerprint density at radius 1 is 0.971 bits per heavy atom. The lowest BCUT2D eigenvalue weighted by molar-refractivity contribution is -0.138. The zero-order chi connectivity index (χ0) is 26.3. The predicted molar refractivity (Wildman–Crippen MR) is 146 cm³/mol. The topological polar surface area (TPSA) is 76.0 Å². The second kappa shape index (κ2) is 22.0. The zero-order valence-corrected chi connectivity index (χ0v) is 22.3. The molecule has 0 rings (SSSR count). The standard InChI is InChI=1S/C30H46O5/c1-6-35-30(33)27(4)19-18-26(3)29(34-5)16-14-12-10-8-7-9-11-13-15-25(2)17-20-28(21-23-31)22-24-32/h8,10-14,17-21,25,29,31-32H,6-7,9,15-16,22-24H2,1-5H3/b10-8+,13-11+,14-12-,20-17+,26-18-,27-19+,28-21+/t25-,29+/m0/s1. The number of unbranched alkanes of at least 4 members (excludes halogenated alkanes) is 1. The minimum absolute atomic E-state index is 0.00378. The van der Waals surface area contributed by atoms with Crippen molar-refractivity contribution in [2.45, 2.75) is 65.9 Å². The highest BCUT2D eigenvalue weighted by Crippen LogP contribution is 2.12. The molecule has 0 aromatic heterocycles. The van der Waals surface area contributed by atoms with Gasteiger partial charge in [-0.3, -0.25) is 0 Å².